The van der Waals surface area contributed by atoms with Crippen LogP contribution in [0.15, 0.2) is 12.1 Å². The molecule has 1 aromatic rings. The molecule has 0 bridgehead atoms. The molecule has 1 aliphatic rings. The summed E-state index contributed by atoms with van der Waals surface area (Å²) < 4.78 is 0.894. The van der Waals surface area contributed by atoms with Crippen LogP contribution in [0.25, 0.3) is 0 Å². The summed E-state index contributed by atoms with van der Waals surface area (Å²) >= 11 is 7.64. The van der Waals surface area contributed by atoms with E-state index < -0.39 is 0 Å². The Bertz CT molecular complexity index is 325. The van der Waals surface area contributed by atoms with Gasteiger partial charge in [0.1, 0.15) is 0 Å². The van der Waals surface area contributed by atoms with E-state index in [1.807, 2.05) is 6.07 Å². The predicted molar refractivity (Wildman–Crippen MR) is 71.0 cm³/mol. The molecule has 2 N–H and O–H groups in total. The van der Waals surface area contributed by atoms with Crippen LogP contribution in [-0.2, 0) is 6.54 Å². The summed E-state index contributed by atoms with van der Waals surface area (Å²) in [6.45, 7) is 4.30. The van der Waals surface area contributed by atoms with Crippen molar-refractivity contribution in [3.63, 3.8) is 0 Å². The summed E-state index contributed by atoms with van der Waals surface area (Å²) in [6.07, 6.45) is 3.82. The SMILES string of the molecule is NCCC1CCCN(Cc2ccc(Cl)s2)C1. The number of likely N-dealkylation sites (tertiary alicyclic amines) is 1. The lowest BCUT2D eigenvalue weighted by Gasteiger charge is -2.32. The standard InChI is InChI=1S/C12H19ClN2S/c13-12-4-3-11(16-12)9-15-7-1-2-10(8-15)5-6-14/h3-4,10H,1-2,5-9,14H2. The molecule has 2 rings (SSSR count). The molecule has 0 saturated carbocycles. The molecule has 1 unspecified atom stereocenters. The monoisotopic (exact) mass is 258 g/mol. The second-order valence-electron chi connectivity index (χ2n) is 4.53. The maximum absolute atomic E-state index is 5.94. The molecule has 2 nitrogen and oxygen atoms in total. The third kappa shape index (κ3) is 3.45. The van der Waals surface area contributed by atoms with Gasteiger partial charge in [-0.25, -0.2) is 0 Å². The lowest BCUT2D eigenvalue weighted by atomic mass is 9.95. The zero-order valence-corrected chi connectivity index (χ0v) is 11.1. The molecule has 1 fully saturated rings. The average Bonchev–Trinajstić information content (AvgIpc) is 2.65. The second-order valence-corrected chi connectivity index (χ2v) is 6.33. The van der Waals surface area contributed by atoms with Gasteiger partial charge in [0.15, 0.2) is 0 Å². The van der Waals surface area contributed by atoms with E-state index in [0.717, 1.165) is 23.3 Å². The molecule has 1 saturated heterocycles. The van der Waals surface area contributed by atoms with Crippen molar-refractivity contribution in [3.05, 3.63) is 21.3 Å². The number of rotatable bonds is 4. The van der Waals surface area contributed by atoms with Crippen molar-refractivity contribution in [2.24, 2.45) is 11.7 Å². The fourth-order valence-corrected chi connectivity index (χ4v) is 3.55. The summed E-state index contributed by atoms with van der Waals surface area (Å²) in [4.78, 5) is 3.91. The molecule has 1 atom stereocenters. The van der Waals surface area contributed by atoms with Crippen molar-refractivity contribution in [2.45, 2.75) is 25.8 Å². The maximum Gasteiger partial charge on any atom is 0.0931 e. The molecule has 4 heteroatoms. The maximum atomic E-state index is 5.94. The fourth-order valence-electron chi connectivity index (χ4n) is 2.42. The van der Waals surface area contributed by atoms with Crippen LogP contribution in [0, 0.1) is 5.92 Å². The first-order valence-electron chi connectivity index (χ1n) is 5.94. The van der Waals surface area contributed by atoms with Gasteiger partial charge in [0.05, 0.1) is 4.34 Å². The Labute approximate surface area is 106 Å². The zero-order valence-electron chi connectivity index (χ0n) is 9.49. The Morgan fingerprint density at radius 1 is 1.50 bits per heavy atom. The molecule has 0 aromatic carbocycles. The molecule has 16 heavy (non-hydrogen) atoms. The lowest BCUT2D eigenvalue weighted by molar-refractivity contribution is 0.164. The van der Waals surface area contributed by atoms with Gasteiger partial charge in [-0.15, -0.1) is 11.3 Å². The third-order valence-corrected chi connectivity index (χ3v) is 4.40. The van der Waals surface area contributed by atoms with E-state index in [2.05, 4.69) is 11.0 Å². The number of thiophene rings is 1. The molecule has 0 spiro atoms. The number of hydrogen-bond acceptors (Lipinski definition) is 3. The minimum Gasteiger partial charge on any atom is -0.330 e. The van der Waals surface area contributed by atoms with Gasteiger partial charge >= 0.3 is 0 Å². The first-order valence-corrected chi connectivity index (χ1v) is 7.14. The van der Waals surface area contributed by atoms with Crippen molar-refractivity contribution >= 4 is 22.9 Å². The van der Waals surface area contributed by atoms with Crippen LogP contribution in [0.4, 0.5) is 0 Å². The number of nitrogens with two attached hydrogens (primary N) is 1. The lowest BCUT2D eigenvalue weighted by Crippen LogP contribution is -2.35. The van der Waals surface area contributed by atoms with Gasteiger partial charge in [0.25, 0.3) is 0 Å². The van der Waals surface area contributed by atoms with Gasteiger partial charge in [-0.05, 0) is 50.4 Å². The quantitative estimate of drug-likeness (QED) is 0.900. The van der Waals surface area contributed by atoms with Crippen molar-refractivity contribution < 1.29 is 0 Å². The van der Waals surface area contributed by atoms with Crippen LogP contribution in [0.2, 0.25) is 4.34 Å². The smallest absolute Gasteiger partial charge is 0.0931 e. The van der Waals surface area contributed by atoms with E-state index in [4.69, 9.17) is 17.3 Å². The summed E-state index contributed by atoms with van der Waals surface area (Å²) in [6, 6.07) is 4.13. The summed E-state index contributed by atoms with van der Waals surface area (Å²) in [5, 5.41) is 0. The number of piperidine rings is 1. The first-order chi connectivity index (χ1) is 7.78. The number of nitrogens with zero attached hydrogens (tertiary/aromatic N) is 1. The van der Waals surface area contributed by atoms with Crippen LogP contribution < -0.4 is 5.73 Å². The average molecular weight is 259 g/mol. The van der Waals surface area contributed by atoms with Gasteiger partial charge in [-0.1, -0.05) is 11.6 Å². The van der Waals surface area contributed by atoms with Crippen molar-refractivity contribution in [3.8, 4) is 0 Å². The van der Waals surface area contributed by atoms with Crippen LogP contribution >= 0.6 is 22.9 Å². The number of hydrogen-bond donors (Lipinski definition) is 1. The highest BCUT2D eigenvalue weighted by atomic mass is 35.5. The Kier molecular flexibility index (Phi) is 4.65. The minimum absolute atomic E-state index is 0.800. The van der Waals surface area contributed by atoms with Crippen molar-refractivity contribution in [1.29, 1.82) is 0 Å². The molecule has 0 radical (unpaired) electrons. The molecule has 1 aliphatic heterocycles. The van der Waals surface area contributed by atoms with E-state index in [1.165, 1.54) is 37.2 Å². The predicted octanol–water partition coefficient (Wildman–Crippen LogP) is 2.96. The van der Waals surface area contributed by atoms with Gasteiger partial charge in [-0.2, -0.15) is 0 Å². The normalized spacial score (nSPS) is 22.5. The van der Waals surface area contributed by atoms with E-state index >= 15 is 0 Å². The highest BCUT2D eigenvalue weighted by molar-refractivity contribution is 7.16. The molecule has 1 aromatic heterocycles. The van der Waals surface area contributed by atoms with Gasteiger partial charge in [-0.3, -0.25) is 4.90 Å². The van der Waals surface area contributed by atoms with Crippen molar-refractivity contribution in [2.75, 3.05) is 19.6 Å². The van der Waals surface area contributed by atoms with Crippen LogP contribution in [0.5, 0.6) is 0 Å². The Morgan fingerprint density at radius 2 is 2.38 bits per heavy atom. The molecule has 0 aliphatic carbocycles. The highest BCUT2D eigenvalue weighted by Gasteiger charge is 2.19. The summed E-state index contributed by atoms with van der Waals surface area (Å²) in [5.74, 6) is 0.800. The molecule has 90 valence electrons. The van der Waals surface area contributed by atoms with Gasteiger partial charge in [0.2, 0.25) is 0 Å². The van der Waals surface area contributed by atoms with Crippen molar-refractivity contribution in [1.82, 2.24) is 4.90 Å². The Morgan fingerprint density at radius 3 is 3.06 bits per heavy atom. The molecule has 2 heterocycles. The summed E-state index contributed by atoms with van der Waals surface area (Å²) in [7, 11) is 0. The second kappa shape index (κ2) is 6.01. The van der Waals surface area contributed by atoms with E-state index in [1.54, 1.807) is 11.3 Å². The molecule has 0 amide bonds. The highest BCUT2D eigenvalue weighted by Crippen LogP contribution is 2.25. The van der Waals surface area contributed by atoms with E-state index in [0.29, 0.717) is 0 Å². The largest absolute Gasteiger partial charge is 0.330 e. The zero-order chi connectivity index (χ0) is 11.4. The third-order valence-electron chi connectivity index (χ3n) is 3.19. The first kappa shape index (κ1) is 12.4. The van der Waals surface area contributed by atoms with Crippen LogP contribution in [0.1, 0.15) is 24.1 Å². The molecular formula is C12H19ClN2S. The Balaban J connectivity index is 1.85. The van der Waals surface area contributed by atoms with Crippen LogP contribution in [0.3, 0.4) is 0 Å². The fraction of sp³-hybridized carbons (Fsp3) is 0.667. The topological polar surface area (TPSA) is 29.3 Å². The molecular weight excluding hydrogens is 240 g/mol. The summed E-state index contributed by atoms with van der Waals surface area (Å²) in [5.41, 5.74) is 5.63. The van der Waals surface area contributed by atoms with Gasteiger partial charge < -0.3 is 5.73 Å². The minimum atomic E-state index is 0.800. The number of halogens is 1. The Hall–Kier alpha value is -0.0900. The van der Waals surface area contributed by atoms with Crippen LogP contribution in [-0.4, -0.2) is 24.5 Å². The van der Waals surface area contributed by atoms with E-state index in [-0.39, 0.29) is 0 Å². The van der Waals surface area contributed by atoms with Gasteiger partial charge in [0, 0.05) is 18.0 Å². The van der Waals surface area contributed by atoms with E-state index in [9.17, 15) is 0 Å².